The van der Waals surface area contributed by atoms with E-state index >= 15 is 0 Å². The maximum atomic E-state index is 14.1. The molecule has 0 spiro atoms. The van der Waals surface area contributed by atoms with Crippen molar-refractivity contribution in [3.8, 4) is 5.75 Å². The minimum absolute atomic E-state index is 0.00905. The van der Waals surface area contributed by atoms with Crippen LogP contribution in [0.25, 0.3) is 10.8 Å². The number of nitrogens with one attached hydrogen (secondary N) is 2. The molecule has 284 valence electrons. The fraction of sp³-hybridized carbons (Fsp3) is 0.643. The molecule has 10 nitrogen and oxygen atoms in total. The second-order valence-corrected chi connectivity index (χ2v) is 16.6. The van der Waals surface area contributed by atoms with Gasteiger partial charge < -0.3 is 34.3 Å². The van der Waals surface area contributed by atoms with E-state index < -0.39 is 5.60 Å². The Morgan fingerprint density at radius 1 is 0.827 bits per heavy atom. The Hall–Kier alpha value is -3.47. The van der Waals surface area contributed by atoms with E-state index in [4.69, 9.17) is 23.7 Å². The highest BCUT2D eigenvalue weighted by atomic mass is 16.6. The van der Waals surface area contributed by atoms with E-state index in [9.17, 15) is 14.4 Å². The SMILES string of the molecule is CC(C)(C)OC(=O)CCOCCOCCOCCOc1cccc2c(NC(=O)[C@H]3CC[C@H]4[C@@H]5CC[C@H]6NC(=O)C=C[C@]6(C)[C@H]5CC[C@]34C)cccc12. The zero-order valence-electron chi connectivity index (χ0n) is 31.7. The van der Waals surface area contributed by atoms with Crippen LogP contribution in [-0.2, 0) is 33.3 Å². The standard InChI is InChI=1S/C42H58N2O8/c1-40(2,3)52-38(46)18-21-48-22-23-49-24-25-50-26-27-51-35-11-7-8-28-29(35)9-6-10-34(28)43-39(47)33-14-13-31-30-12-15-36-42(5,20-17-37(45)44-36)32(30)16-19-41(31,33)4/h6-11,17,20,30-33,36H,12-16,18-19,21-27H2,1-5H3,(H,43,47)(H,44,45)/t30-,31-,32-,33+,36+,41-,42+/m0/s1. The highest BCUT2D eigenvalue weighted by molar-refractivity contribution is 6.04. The van der Waals surface area contributed by atoms with Gasteiger partial charge in [0.05, 0.1) is 46.1 Å². The van der Waals surface area contributed by atoms with Crippen LogP contribution in [-0.4, -0.2) is 75.7 Å². The Kier molecular flexibility index (Phi) is 12.0. The van der Waals surface area contributed by atoms with Crippen molar-refractivity contribution < 1.29 is 38.1 Å². The van der Waals surface area contributed by atoms with E-state index in [0.29, 0.717) is 64.0 Å². The van der Waals surface area contributed by atoms with Crippen molar-refractivity contribution in [3.63, 3.8) is 0 Å². The van der Waals surface area contributed by atoms with Crippen LogP contribution in [0.1, 0.15) is 79.6 Å². The summed E-state index contributed by atoms with van der Waals surface area (Å²) in [6, 6.07) is 12.1. The number of benzene rings is 2. The maximum absolute atomic E-state index is 14.1. The normalized spacial score (nSPS) is 29.5. The van der Waals surface area contributed by atoms with Crippen molar-refractivity contribution in [3.05, 3.63) is 48.6 Å². The Morgan fingerprint density at radius 2 is 1.52 bits per heavy atom. The summed E-state index contributed by atoms with van der Waals surface area (Å²) in [7, 11) is 0. The molecule has 1 heterocycles. The molecule has 0 unspecified atom stereocenters. The van der Waals surface area contributed by atoms with Gasteiger partial charge >= 0.3 is 5.97 Å². The van der Waals surface area contributed by atoms with E-state index in [1.165, 1.54) is 0 Å². The Bertz CT molecular complexity index is 1620. The van der Waals surface area contributed by atoms with E-state index in [-0.39, 0.29) is 47.0 Å². The quantitative estimate of drug-likeness (QED) is 0.152. The van der Waals surface area contributed by atoms with Crippen molar-refractivity contribution >= 4 is 34.2 Å². The summed E-state index contributed by atoms with van der Waals surface area (Å²) in [6.45, 7) is 13.0. The summed E-state index contributed by atoms with van der Waals surface area (Å²) < 4.78 is 28.1. The van der Waals surface area contributed by atoms with Crippen LogP contribution in [0.2, 0.25) is 0 Å². The predicted octanol–water partition coefficient (Wildman–Crippen LogP) is 6.85. The van der Waals surface area contributed by atoms with Crippen LogP contribution in [0.5, 0.6) is 5.75 Å². The second-order valence-electron chi connectivity index (χ2n) is 16.6. The highest BCUT2D eigenvalue weighted by Crippen LogP contribution is 2.65. The van der Waals surface area contributed by atoms with Crippen LogP contribution >= 0.6 is 0 Å². The van der Waals surface area contributed by atoms with Crippen molar-refractivity contribution in [1.29, 1.82) is 0 Å². The first-order chi connectivity index (χ1) is 24.9. The van der Waals surface area contributed by atoms with Crippen LogP contribution in [0.3, 0.4) is 0 Å². The average molecular weight is 719 g/mol. The number of ether oxygens (including phenoxy) is 5. The summed E-state index contributed by atoms with van der Waals surface area (Å²) >= 11 is 0. The molecule has 0 saturated heterocycles. The van der Waals surface area contributed by atoms with Gasteiger partial charge in [-0.3, -0.25) is 14.4 Å². The van der Waals surface area contributed by atoms with Crippen molar-refractivity contribution in [2.24, 2.45) is 34.5 Å². The minimum Gasteiger partial charge on any atom is -0.491 e. The molecule has 2 aromatic rings. The minimum atomic E-state index is -0.488. The van der Waals surface area contributed by atoms with Gasteiger partial charge in [0, 0.05) is 33.8 Å². The van der Waals surface area contributed by atoms with E-state index in [2.05, 4.69) is 30.6 Å². The molecule has 1 aliphatic heterocycles. The van der Waals surface area contributed by atoms with E-state index in [1.807, 2.05) is 57.2 Å². The molecule has 3 saturated carbocycles. The van der Waals surface area contributed by atoms with Gasteiger partial charge in [-0.25, -0.2) is 0 Å². The third-order valence-corrected chi connectivity index (χ3v) is 12.2. The van der Waals surface area contributed by atoms with Crippen molar-refractivity contribution in [1.82, 2.24) is 5.32 Å². The number of amides is 2. The fourth-order valence-electron chi connectivity index (χ4n) is 9.80. The van der Waals surface area contributed by atoms with Crippen LogP contribution < -0.4 is 15.4 Å². The maximum Gasteiger partial charge on any atom is 0.308 e. The largest absolute Gasteiger partial charge is 0.491 e. The Balaban J connectivity index is 0.946. The number of hydrogen-bond donors (Lipinski definition) is 2. The number of carbonyl (C=O) groups is 3. The molecule has 0 radical (unpaired) electrons. The van der Waals surface area contributed by atoms with Crippen LogP contribution in [0.15, 0.2) is 48.6 Å². The van der Waals surface area contributed by atoms with Gasteiger partial charge in [-0.05, 0) is 101 Å². The van der Waals surface area contributed by atoms with Crippen LogP contribution in [0.4, 0.5) is 5.69 Å². The lowest BCUT2D eigenvalue weighted by Crippen LogP contribution is -2.59. The number of anilines is 1. The molecule has 0 bridgehead atoms. The van der Waals surface area contributed by atoms with Gasteiger partial charge in [-0.15, -0.1) is 0 Å². The van der Waals surface area contributed by atoms with Gasteiger partial charge in [0.2, 0.25) is 11.8 Å². The van der Waals surface area contributed by atoms with Gasteiger partial charge in [-0.2, -0.15) is 0 Å². The molecule has 2 N–H and O–H groups in total. The monoisotopic (exact) mass is 718 g/mol. The number of fused-ring (bicyclic) bond motifs is 6. The number of carbonyl (C=O) groups excluding carboxylic acids is 3. The first-order valence-electron chi connectivity index (χ1n) is 19.3. The van der Waals surface area contributed by atoms with E-state index in [1.54, 1.807) is 6.08 Å². The first-order valence-corrected chi connectivity index (χ1v) is 19.3. The molecule has 3 aliphatic carbocycles. The predicted molar refractivity (Wildman–Crippen MR) is 200 cm³/mol. The second kappa shape index (κ2) is 16.3. The smallest absolute Gasteiger partial charge is 0.308 e. The molecule has 2 aromatic carbocycles. The zero-order valence-corrected chi connectivity index (χ0v) is 31.7. The molecule has 0 aromatic heterocycles. The molecular formula is C42H58N2O8. The Labute approximate surface area is 308 Å². The summed E-state index contributed by atoms with van der Waals surface area (Å²) in [4.78, 5) is 37.9. The van der Waals surface area contributed by atoms with Gasteiger partial charge in [-0.1, -0.05) is 44.2 Å². The van der Waals surface area contributed by atoms with E-state index in [0.717, 1.165) is 60.7 Å². The van der Waals surface area contributed by atoms with Crippen LogP contribution in [0, 0.1) is 34.5 Å². The van der Waals surface area contributed by atoms with Gasteiger partial charge in [0.1, 0.15) is 18.0 Å². The number of rotatable bonds is 15. The lowest BCUT2D eigenvalue weighted by Gasteiger charge is -2.58. The zero-order chi connectivity index (χ0) is 36.9. The first kappa shape index (κ1) is 38.3. The van der Waals surface area contributed by atoms with Crippen molar-refractivity contribution in [2.75, 3.05) is 51.6 Å². The highest BCUT2D eigenvalue weighted by Gasteiger charge is 2.60. The Morgan fingerprint density at radius 3 is 2.27 bits per heavy atom. The summed E-state index contributed by atoms with van der Waals surface area (Å²) in [6.07, 6.45) is 10.4. The average Bonchev–Trinajstić information content (AvgIpc) is 3.46. The molecule has 10 heteroatoms. The topological polar surface area (TPSA) is 121 Å². The molecule has 52 heavy (non-hydrogen) atoms. The van der Waals surface area contributed by atoms with Gasteiger partial charge in [0.15, 0.2) is 0 Å². The third-order valence-electron chi connectivity index (χ3n) is 12.2. The summed E-state index contributed by atoms with van der Waals surface area (Å²) in [5.41, 5.74) is 0.284. The number of hydrogen-bond acceptors (Lipinski definition) is 8. The lowest BCUT2D eigenvalue weighted by molar-refractivity contribution is -0.156. The molecule has 7 atom stereocenters. The fourth-order valence-corrected chi connectivity index (χ4v) is 9.80. The van der Waals surface area contributed by atoms with Crippen molar-refractivity contribution in [2.45, 2.75) is 91.2 Å². The summed E-state index contributed by atoms with van der Waals surface area (Å²) in [5.74, 6) is 2.24. The molecular weight excluding hydrogens is 660 g/mol. The lowest BCUT2D eigenvalue weighted by atomic mass is 9.48. The van der Waals surface area contributed by atoms with Gasteiger partial charge in [0.25, 0.3) is 0 Å². The molecule has 3 fully saturated rings. The molecule has 4 aliphatic rings. The summed E-state index contributed by atoms with van der Waals surface area (Å²) in [5, 5.41) is 8.50. The number of esters is 1. The molecule has 6 rings (SSSR count). The third kappa shape index (κ3) is 8.50. The molecule has 2 amide bonds.